The van der Waals surface area contributed by atoms with Crippen LogP contribution in [-0.2, 0) is 0 Å². The van der Waals surface area contributed by atoms with Gasteiger partial charge in [-0.1, -0.05) is 39.3 Å². The van der Waals surface area contributed by atoms with Crippen molar-refractivity contribution >= 4 is 0 Å². The lowest BCUT2D eigenvalue weighted by molar-refractivity contribution is 0.251. The van der Waals surface area contributed by atoms with Gasteiger partial charge in [-0.25, -0.2) is 0 Å². The zero-order valence-electron chi connectivity index (χ0n) is 13.3. The summed E-state index contributed by atoms with van der Waals surface area (Å²) in [6.45, 7) is 8.91. The molecular weight excluding hydrogens is 250 g/mol. The molecule has 2 rings (SSSR count). The van der Waals surface area contributed by atoms with Crippen molar-refractivity contribution < 1.29 is 4.52 Å². The first-order valence-electron chi connectivity index (χ1n) is 8.12. The Hall–Kier alpha value is -0.900. The Morgan fingerprint density at radius 3 is 2.40 bits per heavy atom. The molecule has 4 heteroatoms. The van der Waals surface area contributed by atoms with E-state index < -0.39 is 0 Å². The third-order valence-electron chi connectivity index (χ3n) is 5.08. The number of hydrogen-bond acceptors (Lipinski definition) is 4. The lowest BCUT2D eigenvalue weighted by Gasteiger charge is -2.29. The zero-order chi connectivity index (χ0) is 14.7. The van der Waals surface area contributed by atoms with Crippen molar-refractivity contribution in [2.75, 3.05) is 0 Å². The Balaban J connectivity index is 1.96. The molecule has 1 aromatic heterocycles. The van der Waals surface area contributed by atoms with Gasteiger partial charge in [-0.05, 0) is 43.4 Å². The highest BCUT2D eigenvalue weighted by atomic mass is 16.5. The van der Waals surface area contributed by atoms with Gasteiger partial charge in [-0.15, -0.1) is 0 Å². The molecule has 0 aromatic carbocycles. The molecule has 1 fully saturated rings. The Morgan fingerprint density at radius 1 is 1.20 bits per heavy atom. The third-order valence-corrected chi connectivity index (χ3v) is 5.08. The number of rotatable bonds is 5. The predicted molar refractivity (Wildman–Crippen MR) is 80.2 cm³/mol. The second-order valence-electron chi connectivity index (χ2n) is 6.76. The monoisotopic (exact) mass is 279 g/mol. The fourth-order valence-electron chi connectivity index (χ4n) is 3.09. The lowest BCUT2D eigenvalue weighted by Crippen LogP contribution is -2.20. The molecule has 2 N–H and O–H groups in total. The highest BCUT2D eigenvalue weighted by Crippen LogP contribution is 2.37. The molecule has 1 aliphatic rings. The van der Waals surface area contributed by atoms with E-state index in [-0.39, 0.29) is 6.04 Å². The first-order valence-corrected chi connectivity index (χ1v) is 8.12. The van der Waals surface area contributed by atoms with Crippen molar-refractivity contribution in [2.45, 2.75) is 71.8 Å². The molecule has 0 saturated heterocycles. The quantitative estimate of drug-likeness (QED) is 0.883. The van der Waals surface area contributed by atoms with Gasteiger partial charge in [0, 0.05) is 5.92 Å². The smallest absolute Gasteiger partial charge is 0.243 e. The summed E-state index contributed by atoms with van der Waals surface area (Å²) in [5, 5.41) is 4.18. The number of aromatic nitrogens is 2. The zero-order valence-corrected chi connectivity index (χ0v) is 13.3. The molecule has 2 unspecified atom stereocenters. The molecule has 0 spiro atoms. The van der Waals surface area contributed by atoms with Crippen molar-refractivity contribution in [1.29, 1.82) is 0 Å². The van der Waals surface area contributed by atoms with E-state index in [4.69, 9.17) is 10.3 Å². The van der Waals surface area contributed by atoms with Gasteiger partial charge >= 0.3 is 0 Å². The summed E-state index contributed by atoms with van der Waals surface area (Å²) < 4.78 is 5.39. The highest BCUT2D eigenvalue weighted by Gasteiger charge is 2.28. The molecule has 1 aromatic rings. The summed E-state index contributed by atoms with van der Waals surface area (Å²) in [5.74, 6) is 3.98. The second kappa shape index (κ2) is 6.70. The van der Waals surface area contributed by atoms with E-state index >= 15 is 0 Å². The van der Waals surface area contributed by atoms with Crippen molar-refractivity contribution in [3.63, 3.8) is 0 Å². The van der Waals surface area contributed by atoms with Crippen LogP contribution in [0.2, 0.25) is 0 Å². The van der Waals surface area contributed by atoms with Gasteiger partial charge in [-0.2, -0.15) is 4.98 Å². The molecule has 1 saturated carbocycles. The fraction of sp³-hybridized carbons (Fsp3) is 0.875. The van der Waals surface area contributed by atoms with Crippen LogP contribution in [0.3, 0.4) is 0 Å². The van der Waals surface area contributed by atoms with Crippen molar-refractivity contribution in [3.05, 3.63) is 11.7 Å². The molecule has 0 bridgehead atoms. The number of hydrogen-bond donors (Lipinski definition) is 1. The summed E-state index contributed by atoms with van der Waals surface area (Å²) in [4.78, 5) is 4.57. The maximum Gasteiger partial charge on any atom is 0.243 e. The Bertz CT molecular complexity index is 408. The number of nitrogens with zero attached hydrogens (tertiary/aromatic N) is 2. The number of nitrogens with two attached hydrogens (primary N) is 1. The summed E-state index contributed by atoms with van der Waals surface area (Å²) in [7, 11) is 0. The Morgan fingerprint density at radius 2 is 1.85 bits per heavy atom. The normalized spacial score (nSPS) is 26.7. The minimum Gasteiger partial charge on any atom is -0.338 e. The van der Waals surface area contributed by atoms with E-state index in [0.29, 0.717) is 17.7 Å². The molecule has 1 heterocycles. The van der Waals surface area contributed by atoms with E-state index in [1.165, 1.54) is 25.7 Å². The predicted octanol–water partition coefficient (Wildman–Crippen LogP) is 4.05. The van der Waals surface area contributed by atoms with Gasteiger partial charge in [0.1, 0.15) is 0 Å². The molecule has 1 aliphatic carbocycles. The minimum absolute atomic E-state index is 0.131. The van der Waals surface area contributed by atoms with E-state index in [0.717, 1.165) is 24.1 Å². The van der Waals surface area contributed by atoms with E-state index in [1.54, 1.807) is 0 Å². The van der Waals surface area contributed by atoms with Crippen LogP contribution in [0.15, 0.2) is 4.52 Å². The maximum absolute atomic E-state index is 6.16. The molecule has 0 amide bonds. The average Bonchev–Trinajstić information content (AvgIpc) is 2.95. The summed E-state index contributed by atoms with van der Waals surface area (Å²) in [6, 6.07) is -0.131. The van der Waals surface area contributed by atoms with Crippen LogP contribution >= 0.6 is 0 Å². The first kappa shape index (κ1) is 15.5. The molecule has 0 aliphatic heterocycles. The maximum atomic E-state index is 6.16. The van der Waals surface area contributed by atoms with Gasteiger partial charge < -0.3 is 10.3 Å². The van der Waals surface area contributed by atoms with Crippen LogP contribution in [0.1, 0.15) is 83.5 Å². The van der Waals surface area contributed by atoms with E-state index in [9.17, 15) is 0 Å². The second-order valence-corrected chi connectivity index (χ2v) is 6.76. The van der Waals surface area contributed by atoms with Gasteiger partial charge in [0.05, 0.1) is 6.04 Å². The largest absolute Gasteiger partial charge is 0.338 e. The molecular formula is C16H29N3O. The fourth-order valence-corrected chi connectivity index (χ4v) is 3.09. The summed E-state index contributed by atoms with van der Waals surface area (Å²) >= 11 is 0. The van der Waals surface area contributed by atoms with Crippen LogP contribution in [0.25, 0.3) is 0 Å². The average molecular weight is 279 g/mol. The summed E-state index contributed by atoms with van der Waals surface area (Å²) in [6.07, 6.45) is 5.95. The minimum atomic E-state index is -0.131. The van der Waals surface area contributed by atoms with Crippen molar-refractivity contribution in [3.8, 4) is 0 Å². The van der Waals surface area contributed by atoms with Crippen LogP contribution in [0, 0.1) is 17.8 Å². The molecule has 20 heavy (non-hydrogen) atoms. The molecule has 2 atom stereocenters. The van der Waals surface area contributed by atoms with Gasteiger partial charge in [0.25, 0.3) is 0 Å². The lowest BCUT2D eigenvalue weighted by atomic mass is 9.77. The van der Waals surface area contributed by atoms with Crippen LogP contribution in [0.4, 0.5) is 0 Å². The SMILES string of the molecule is CCC(C)C(N)c1nc(C2CCC(C(C)C)CC2)no1. The van der Waals surface area contributed by atoms with Crippen LogP contribution in [-0.4, -0.2) is 10.1 Å². The Kier molecular flexibility index (Phi) is 5.19. The van der Waals surface area contributed by atoms with Crippen LogP contribution in [0.5, 0.6) is 0 Å². The van der Waals surface area contributed by atoms with E-state index in [2.05, 4.69) is 37.8 Å². The van der Waals surface area contributed by atoms with Gasteiger partial charge in [0.15, 0.2) is 5.82 Å². The molecule has 114 valence electrons. The van der Waals surface area contributed by atoms with Gasteiger partial charge in [0.2, 0.25) is 5.89 Å². The Labute approximate surface area is 122 Å². The molecule has 4 nitrogen and oxygen atoms in total. The van der Waals surface area contributed by atoms with Crippen molar-refractivity contribution in [1.82, 2.24) is 10.1 Å². The standard InChI is InChI=1S/C16H29N3O/c1-5-11(4)14(17)16-18-15(19-20-16)13-8-6-12(7-9-13)10(2)3/h10-14H,5-9,17H2,1-4H3. The molecule has 0 radical (unpaired) electrons. The highest BCUT2D eigenvalue weighted by molar-refractivity contribution is 5.00. The third kappa shape index (κ3) is 3.40. The van der Waals surface area contributed by atoms with Crippen molar-refractivity contribution in [2.24, 2.45) is 23.5 Å². The van der Waals surface area contributed by atoms with Gasteiger partial charge in [-0.3, -0.25) is 0 Å². The van der Waals surface area contributed by atoms with E-state index in [1.807, 2.05) is 0 Å². The summed E-state index contributed by atoms with van der Waals surface area (Å²) in [5.41, 5.74) is 6.16. The topological polar surface area (TPSA) is 64.9 Å². The first-order chi connectivity index (χ1) is 9.52. The van der Waals surface area contributed by atoms with Crippen LogP contribution < -0.4 is 5.73 Å².